The number of ether oxygens (including phenoxy) is 1. The lowest BCUT2D eigenvalue weighted by Crippen LogP contribution is -2.77. The second kappa shape index (κ2) is 5.67. The fraction of sp³-hybridized carbons (Fsp3) is 0.800. The van der Waals surface area contributed by atoms with Crippen LogP contribution >= 0.6 is 0 Å². The van der Waals surface area contributed by atoms with Crippen molar-refractivity contribution in [3.63, 3.8) is 0 Å². The van der Waals surface area contributed by atoms with Crippen molar-refractivity contribution in [1.82, 2.24) is 9.80 Å². The number of nitrogens with two attached hydrogens (primary N) is 1. The first kappa shape index (κ1) is 17.5. The highest BCUT2D eigenvalue weighted by Gasteiger charge is 2.62. The Hall–Kier alpha value is -1.83. The number of aliphatic hydroxyl groups excluding tert-OH is 1. The molecule has 0 unspecified atom stereocenters. The highest BCUT2D eigenvalue weighted by molar-refractivity contribution is 5.99. The normalized spacial score (nSPS) is 26.9. The lowest BCUT2D eigenvalue weighted by molar-refractivity contribution is -0.171. The van der Waals surface area contributed by atoms with E-state index in [1.807, 2.05) is 0 Å². The number of amides is 3. The van der Waals surface area contributed by atoms with E-state index in [0.29, 0.717) is 19.4 Å². The molecule has 2 fully saturated rings. The van der Waals surface area contributed by atoms with Gasteiger partial charge in [0.05, 0.1) is 12.6 Å². The third-order valence-corrected chi connectivity index (χ3v) is 4.28. The Balaban J connectivity index is 2.16. The molecular formula is C15H25N3O5. The molecule has 1 spiro atoms. The maximum absolute atomic E-state index is 12.7. The molecule has 0 aliphatic carbocycles. The van der Waals surface area contributed by atoms with Crippen LogP contribution in [0.1, 0.15) is 40.5 Å². The van der Waals surface area contributed by atoms with Crippen LogP contribution < -0.4 is 5.73 Å². The number of carbonyl (C=O) groups excluding carboxylic acids is 3. The Labute approximate surface area is 135 Å². The van der Waals surface area contributed by atoms with Gasteiger partial charge in [-0.05, 0) is 40.5 Å². The van der Waals surface area contributed by atoms with Gasteiger partial charge in [-0.3, -0.25) is 14.5 Å². The van der Waals surface area contributed by atoms with Gasteiger partial charge >= 0.3 is 6.09 Å². The Morgan fingerprint density at radius 1 is 1.39 bits per heavy atom. The first-order valence-electron chi connectivity index (χ1n) is 7.79. The van der Waals surface area contributed by atoms with Crippen LogP contribution in [-0.2, 0) is 14.3 Å². The van der Waals surface area contributed by atoms with Crippen LogP contribution in [0, 0.1) is 0 Å². The van der Waals surface area contributed by atoms with Crippen molar-refractivity contribution in [1.29, 1.82) is 0 Å². The highest BCUT2D eigenvalue weighted by atomic mass is 16.6. The molecule has 2 aliphatic rings. The van der Waals surface area contributed by atoms with E-state index in [1.54, 1.807) is 20.8 Å². The van der Waals surface area contributed by atoms with Crippen LogP contribution in [0.3, 0.4) is 0 Å². The Morgan fingerprint density at radius 3 is 2.43 bits per heavy atom. The second-order valence-corrected chi connectivity index (χ2v) is 7.29. The predicted octanol–water partition coefficient (Wildman–Crippen LogP) is -0.167. The van der Waals surface area contributed by atoms with E-state index in [2.05, 4.69) is 0 Å². The zero-order valence-corrected chi connectivity index (χ0v) is 14.0. The van der Waals surface area contributed by atoms with Gasteiger partial charge in [0.15, 0.2) is 0 Å². The number of hydrogen-bond acceptors (Lipinski definition) is 5. The number of rotatable bonds is 3. The van der Waals surface area contributed by atoms with Gasteiger partial charge in [0.1, 0.15) is 17.2 Å². The third kappa shape index (κ3) is 2.99. The van der Waals surface area contributed by atoms with Crippen LogP contribution in [0.15, 0.2) is 0 Å². The lowest BCUT2D eigenvalue weighted by atomic mass is 9.83. The maximum atomic E-state index is 12.7. The average Bonchev–Trinajstić information content (AvgIpc) is 2.81. The van der Waals surface area contributed by atoms with Crippen molar-refractivity contribution < 1.29 is 24.2 Å². The van der Waals surface area contributed by atoms with Gasteiger partial charge in [0.2, 0.25) is 5.91 Å². The molecule has 23 heavy (non-hydrogen) atoms. The van der Waals surface area contributed by atoms with Gasteiger partial charge in [0, 0.05) is 6.54 Å². The summed E-state index contributed by atoms with van der Waals surface area (Å²) in [7, 11) is 0. The SMILES string of the molecule is C[C@@H](O)[C@@H](C(N)=O)N1C[C@@]2(CCCN2C(=O)OC(C)(C)C)C1=O. The van der Waals surface area contributed by atoms with E-state index in [9.17, 15) is 19.5 Å². The summed E-state index contributed by atoms with van der Waals surface area (Å²) in [6, 6.07) is -1.07. The minimum absolute atomic E-state index is 0.184. The number of hydrogen-bond donors (Lipinski definition) is 2. The van der Waals surface area contributed by atoms with Crippen molar-refractivity contribution in [2.75, 3.05) is 13.1 Å². The summed E-state index contributed by atoms with van der Waals surface area (Å²) in [6.07, 6.45) is -0.387. The van der Waals surface area contributed by atoms with Gasteiger partial charge in [0.25, 0.3) is 5.91 Å². The van der Waals surface area contributed by atoms with Gasteiger partial charge in [-0.15, -0.1) is 0 Å². The minimum atomic E-state index is -1.07. The number of aliphatic hydroxyl groups is 1. The lowest BCUT2D eigenvalue weighted by Gasteiger charge is -2.53. The van der Waals surface area contributed by atoms with E-state index >= 15 is 0 Å². The summed E-state index contributed by atoms with van der Waals surface area (Å²) in [6.45, 7) is 7.32. The molecule has 2 heterocycles. The Morgan fingerprint density at radius 2 is 2.00 bits per heavy atom. The van der Waals surface area contributed by atoms with Crippen molar-refractivity contribution in [3.8, 4) is 0 Å². The topological polar surface area (TPSA) is 113 Å². The van der Waals surface area contributed by atoms with E-state index in [1.165, 1.54) is 16.7 Å². The molecule has 3 N–H and O–H groups in total. The molecule has 2 saturated heterocycles. The zero-order chi connectivity index (χ0) is 17.6. The number of primary amides is 1. The van der Waals surface area contributed by atoms with Gasteiger partial charge in [-0.1, -0.05) is 0 Å². The molecule has 0 aromatic heterocycles. The van der Waals surface area contributed by atoms with E-state index in [0.717, 1.165) is 0 Å². The Kier molecular flexibility index (Phi) is 4.32. The molecule has 0 aromatic carbocycles. The maximum Gasteiger partial charge on any atom is 0.411 e. The molecule has 3 atom stereocenters. The molecule has 130 valence electrons. The molecule has 0 bridgehead atoms. The van der Waals surface area contributed by atoms with Crippen LogP contribution in [-0.4, -0.2) is 69.2 Å². The minimum Gasteiger partial charge on any atom is -0.444 e. The summed E-state index contributed by atoms with van der Waals surface area (Å²) in [5.41, 5.74) is 3.66. The van der Waals surface area contributed by atoms with Crippen LogP contribution in [0.25, 0.3) is 0 Å². The molecule has 0 aromatic rings. The number of nitrogens with zero attached hydrogens (tertiary/aromatic N) is 2. The number of β-lactam (4-membered cyclic amide) rings is 1. The summed E-state index contributed by atoms with van der Waals surface area (Å²) < 4.78 is 5.37. The van der Waals surface area contributed by atoms with Gasteiger partial charge in [-0.2, -0.15) is 0 Å². The monoisotopic (exact) mass is 327 g/mol. The first-order chi connectivity index (χ1) is 10.5. The summed E-state index contributed by atoms with van der Waals surface area (Å²) in [5.74, 6) is -1.12. The first-order valence-corrected chi connectivity index (χ1v) is 7.79. The average molecular weight is 327 g/mol. The standard InChI is InChI=1S/C15H25N3O5/c1-9(19)10(11(16)20)17-8-15(12(17)21)6-5-7-18(15)13(22)23-14(2,3)4/h9-10,19H,5-8H2,1-4H3,(H2,16,20)/t9-,10+,15+/m1/s1. The third-order valence-electron chi connectivity index (χ3n) is 4.28. The summed E-state index contributed by atoms with van der Waals surface area (Å²) >= 11 is 0. The molecule has 8 nitrogen and oxygen atoms in total. The molecule has 0 saturated carbocycles. The molecule has 2 aliphatic heterocycles. The number of carbonyl (C=O) groups is 3. The fourth-order valence-corrected chi connectivity index (χ4v) is 3.32. The Bertz CT molecular complexity index is 528. The summed E-state index contributed by atoms with van der Waals surface area (Å²) in [4.78, 5) is 39.2. The molecule has 2 rings (SSSR count). The molecular weight excluding hydrogens is 302 g/mol. The van der Waals surface area contributed by atoms with Crippen LogP contribution in [0.4, 0.5) is 4.79 Å². The predicted molar refractivity (Wildman–Crippen MR) is 81.3 cm³/mol. The second-order valence-electron chi connectivity index (χ2n) is 7.29. The van der Waals surface area contributed by atoms with Crippen molar-refractivity contribution in [3.05, 3.63) is 0 Å². The number of likely N-dealkylation sites (tertiary alicyclic amines) is 2. The van der Waals surface area contributed by atoms with Crippen LogP contribution in [0.2, 0.25) is 0 Å². The smallest absolute Gasteiger partial charge is 0.411 e. The quantitative estimate of drug-likeness (QED) is 0.699. The van der Waals surface area contributed by atoms with E-state index < -0.39 is 35.3 Å². The zero-order valence-electron chi connectivity index (χ0n) is 14.0. The molecule has 8 heteroatoms. The van der Waals surface area contributed by atoms with Crippen molar-refractivity contribution in [2.24, 2.45) is 5.73 Å². The van der Waals surface area contributed by atoms with E-state index in [4.69, 9.17) is 10.5 Å². The van der Waals surface area contributed by atoms with Crippen molar-refractivity contribution >= 4 is 17.9 Å². The molecule has 3 amide bonds. The van der Waals surface area contributed by atoms with E-state index in [-0.39, 0.29) is 12.5 Å². The highest BCUT2D eigenvalue weighted by Crippen LogP contribution is 2.41. The molecule has 0 radical (unpaired) electrons. The fourth-order valence-electron chi connectivity index (χ4n) is 3.32. The summed E-state index contributed by atoms with van der Waals surface area (Å²) in [5, 5.41) is 9.69. The largest absolute Gasteiger partial charge is 0.444 e. The van der Waals surface area contributed by atoms with Gasteiger partial charge < -0.3 is 20.5 Å². The van der Waals surface area contributed by atoms with Crippen molar-refractivity contribution in [2.45, 2.75) is 63.8 Å². The van der Waals surface area contributed by atoms with Crippen LogP contribution in [0.5, 0.6) is 0 Å². The van der Waals surface area contributed by atoms with Gasteiger partial charge in [-0.25, -0.2) is 4.79 Å².